The van der Waals surface area contributed by atoms with E-state index in [0.717, 1.165) is 5.82 Å². The summed E-state index contributed by atoms with van der Waals surface area (Å²) in [5, 5.41) is 0. The van der Waals surface area contributed by atoms with E-state index >= 15 is 0 Å². The highest BCUT2D eigenvalue weighted by molar-refractivity contribution is 5.25. The lowest BCUT2D eigenvalue weighted by molar-refractivity contribution is 0.548. The van der Waals surface area contributed by atoms with E-state index in [1.165, 1.54) is 24.2 Å². The average Bonchev–Trinajstić information content (AvgIpc) is 2.96. The fourth-order valence-electron chi connectivity index (χ4n) is 1.83. The van der Waals surface area contributed by atoms with Gasteiger partial charge in [-0.25, -0.2) is 9.97 Å². The summed E-state index contributed by atoms with van der Waals surface area (Å²) < 4.78 is 0. The van der Waals surface area contributed by atoms with Gasteiger partial charge in [0.1, 0.15) is 5.82 Å². The molecular weight excluding hydrogens is 208 g/mol. The van der Waals surface area contributed by atoms with E-state index in [0.29, 0.717) is 5.92 Å². The second kappa shape index (κ2) is 3.79. The maximum absolute atomic E-state index is 4.81. The lowest BCUT2D eigenvalue weighted by atomic mass is 9.90. The fraction of sp³-hybridized carbons (Fsp3) is 0.733. The van der Waals surface area contributed by atoms with Crippen molar-refractivity contribution in [2.24, 2.45) is 0 Å². The Bertz CT molecular complexity index is 400. The molecule has 0 radical (unpaired) electrons. The zero-order chi connectivity index (χ0) is 12.8. The minimum absolute atomic E-state index is 0.104. The van der Waals surface area contributed by atoms with Gasteiger partial charge in [0, 0.05) is 22.2 Å². The van der Waals surface area contributed by atoms with E-state index in [4.69, 9.17) is 9.97 Å². The summed E-state index contributed by atoms with van der Waals surface area (Å²) in [7, 11) is 0. The van der Waals surface area contributed by atoms with Crippen molar-refractivity contribution in [3.8, 4) is 0 Å². The van der Waals surface area contributed by atoms with Crippen LogP contribution >= 0.6 is 0 Å². The highest BCUT2D eigenvalue weighted by atomic mass is 14.9. The minimum Gasteiger partial charge on any atom is -0.237 e. The van der Waals surface area contributed by atoms with Gasteiger partial charge in [-0.3, -0.25) is 0 Å². The highest BCUT2D eigenvalue weighted by Crippen LogP contribution is 2.46. The summed E-state index contributed by atoms with van der Waals surface area (Å²) in [5.74, 6) is 1.54. The first-order valence-electron chi connectivity index (χ1n) is 6.62. The molecule has 0 saturated heterocycles. The predicted molar refractivity (Wildman–Crippen MR) is 71.4 cm³/mol. The topological polar surface area (TPSA) is 25.8 Å². The lowest BCUT2D eigenvalue weighted by Crippen LogP contribution is -2.19. The number of rotatable bonds is 2. The van der Waals surface area contributed by atoms with Crippen molar-refractivity contribution in [3.63, 3.8) is 0 Å². The van der Waals surface area contributed by atoms with Crippen LogP contribution in [0.3, 0.4) is 0 Å². The molecule has 2 nitrogen and oxygen atoms in total. The first-order chi connectivity index (χ1) is 7.72. The Morgan fingerprint density at radius 2 is 1.76 bits per heavy atom. The molecule has 94 valence electrons. The number of hydrogen-bond acceptors (Lipinski definition) is 2. The molecule has 0 aliphatic heterocycles. The zero-order valence-corrected chi connectivity index (χ0v) is 12.0. The summed E-state index contributed by atoms with van der Waals surface area (Å²) in [6.45, 7) is 13.3. The van der Waals surface area contributed by atoms with E-state index < -0.39 is 0 Å². The second-order valence-corrected chi connectivity index (χ2v) is 6.97. The van der Waals surface area contributed by atoms with Gasteiger partial charge >= 0.3 is 0 Å². The Kier molecular flexibility index (Phi) is 2.80. The maximum atomic E-state index is 4.81. The van der Waals surface area contributed by atoms with Gasteiger partial charge in [0.25, 0.3) is 0 Å². The second-order valence-electron chi connectivity index (χ2n) is 6.97. The van der Waals surface area contributed by atoms with Gasteiger partial charge in [-0.1, -0.05) is 41.5 Å². The predicted octanol–water partition coefficient (Wildman–Crippen LogP) is 3.95. The van der Waals surface area contributed by atoms with Gasteiger partial charge in [-0.2, -0.15) is 0 Å². The Morgan fingerprint density at radius 1 is 1.18 bits per heavy atom. The smallest absolute Gasteiger partial charge is 0.134 e. The Morgan fingerprint density at radius 3 is 2.18 bits per heavy atom. The molecule has 1 aromatic heterocycles. The van der Waals surface area contributed by atoms with Crippen LogP contribution in [0.4, 0.5) is 0 Å². The molecule has 0 aromatic carbocycles. The van der Waals surface area contributed by atoms with Crippen molar-refractivity contribution in [3.05, 3.63) is 23.3 Å². The molecule has 0 spiro atoms. The van der Waals surface area contributed by atoms with Crippen molar-refractivity contribution in [1.29, 1.82) is 0 Å². The van der Waals surface area contributed by atoms with Crippen LogP contribution in [-0.2, 0) is 10.8 Å². The first-order valence-corrected chi connectivity index (χ1v) is 6.62. The van der Waals surface area contributed by atoms with E-state index in [2.05, 4.69) is 47.6 Å². The molecule has 1 fully saturated rings. The molecule has 2 rings (SSSR count). The van der Waals surface area contributed by atoms with Crippen LogP contribution in [0.5, 0.6) is 0 Å². The van der Waals surface area contributed by atoms with Crippen LogP contribution in [0.25, 0.3) is 0 Å². The third-order valence-corrected chi connectivity index (χ3v) is 3.65. The molecule has 0 unspecified atom stereocenters. The molecule has 1 heterocycles. The fourth-order valence-corrected chi connectivity index (χ4v) is 1.83. The standard InChI is InChI=1S/C15H24N2/c1-10(2)11-9-12(14(3,4)5)17-13(16-11)15(6)7-8-15/h9-10H,7-8H2,1-6H3. The van der Waals surface area contributed by atoms with E-state index in [1.54, 1.807) is 0 Å². The van der Waals surface area contributed by atoms with Crippen molar-refractivity contribution in [2.45, 2.75) is 71.1 Å². The van der Waals surface area contributed by atoms with Gasteiger partial charge in [-0.15, -0.1) is 0 Å². The van der Waals surface area contributed by atoms with Gasteiger partial charge in [0.15, 0.2) is 0 Å². The van der Waals surface area contributed by atoms with Crippen molar-refractivity contribution in [2.75, 3.05) is 0 Å². The quantitative estimate of drug-likeness (QED) is 0.771. The molecule has 1 aliphatic carbocycles. The SMILES string of the molecule is CC(C)c1cc(C(C)(C)C)nc(C2(C)CC2)n1. The summed E-state index contributed by atoms with van der Waals surface area (Å²) in [4.78, 5) is 9.58. The maximum Gasteiger partial charge on any atom is 0.134 e. The average molecular weight is 232 g/mol. The largest absolute Gasteiger partial charge is 0.237 e. The summed E-state index contributed by atoms with van der Waals surface area (Å²) in [5.41, 5.74) is 2.73. The lowest BCUT2D eigenvalue weighted by Gasteiger charge is -2.21. The molecule has 1 aromatic rings. The summed E-state index contributed by atoms with van der Waals surface area (Å²) >= 11 is 0. The van der Waals surface area contributed by atoms with E-state index in [9.17, 15) is 0 Å². The van der Waals surface area contributed by atoms with Crippen LogP contribution in [0.2, 0.25) is 0 Å². The molecular formula is C15H24N2. The Labute approximate surface area is 105 Å². The molecule has 17 heavy (non-hydrogen) atoms. The van der Waals surface area contributed by atoms with Gasteiger partial charge in [-0.05, 0) is 24.8 Å². The summed E-state index contributed by atoms with van der Waals surface area (Å²) in [6.07, 6.45) is 2.47. The molecule has 0 amide bonds. The van der Waals surface area contributed by atoms with Crippen molar-refractivity contribution < 1.29 is 0 Å². The zero-order valence-electron chi connectivity index (χ0n) is 12.0. The van der Waals surface area contributed by atoms with Crippen molar-refractivity contribution >= 4 is 0 Å². The molecule has 0 N–H and O–H groups in total. The third-order valence-electron chi connectivity index (χ3n) is 3.65. The van der Waals surface area contributed by atoms with E-state index in [-0.39, 0.29) is 10.8 Å². The van der Waals surface area contributed by atoms with Gasteiger partial charge in [0.05, 0.1) is 0 Å². The molecule has 0 atom stereocenters. The first kappa shape index (κ1) is 12.5. The van der Waals surface area contributed by atoms with E-state index in [1.807, 2.05) is 0 Å². The molecule has 0 bridgehead atoms. The minimum atomic E-state index is 0.104. The van der Waals surface area contributed by atoms with Gasteiger partial charge < -0.3 is 0 Å². The number of nitrogens with zero attached hydrogens (tertiary/aromatic N) is 2. The monoisotopic (exact) mass is 232 g/mol. The number of aromatic nitrogens is 2. The molecule has 1 aliphatic rings. The Hall–Kier alpha value is -0.920. The Balaban J connectivity index is 2.51. The van der Waals surface area contributed by atoms with Crippen LogP contribution in [0.15, 0.2) is 6.07 Å². The third kappa shape index (κ3) is 2.51. The normalized spacial score (nSPS) is 18.5. The molecule has 2 heteroatoms. The van der Waals surface area contributed by atoms with Crippen LogP contribution in [0.1, 0.15) is 77.5 Å². The molecule has 1 saturated carbocycles. The highest BCUT2D eigenvalue weighted by Gasteiger charge is 2.42. The van der Waals surface area contributed by atoms with Crippen LogP contribution in [0, 0.1) is 0 Å². The van der Waals surface area contributed by atoms with Crippen LogP contribution < -0.4 is 0 Å². The van der Waals surface area contributed by atoms with Gasteiger partial charge in [0.2, 0.25) is 0 Å². The summed E-state index contributed by atoms with van der Waals surface area (Å²) in [6, 6.07) is 2.18. The van der Waals surface area contributed by atoms with Crippen LogP contribution in [-0.4, -0.2) is 9.97 Å². The number of hydrogen-bond donors (Lipinski definition) is 0. The van der Waals surface area contributed by atoms with Crippen molar-refractivity contribution in [1.82, 2.24) is 9.97 Å².